The van der Waals surface area contributed by atoms with Crippen LogP contribution in [0.5, 0.6) is 0 Å². The van der Waals surface area contributed by atoms with Gasteiger partial charge in [-0.2, -0.15) is 11.8 Å². The number of carboxylic acids is 1. The van der Waals surface area contributed by atoms with Crippen molar-refractivity contribution in [2.24, 2.45) is 0 Å². The van der Waals surface area contributed by atoms with Crippen molar-refractivity contribution in [1.29, 1.82) is 0 Å². The highest BCUT2D eigenvalue weighted by Crippen LogP contribution is 2.21. The smallest absolute Gasteiger partial charge is 0.325 e. The molecule has 0 spiro atoms. The van der Waals surface area contributed by atoms with Crippen molar-refractivity contribution >= 4 is 29.7 Å². The van der Waals surface area contributed by atoms with E-state index in [0.29, 0.717) is 11.1 Å². The molecule has 0 bridgehead atoms. The summed E-state index contributed by atoms with van der Waals surface area (Å²) in [4.78, 5) is 41.4. The Morgan fingerprint density at radius 2 is 1.50 bits per heavy atom. The lowest BCUT2D eigenvalue weighted by Crippen LogP contribution is -2.45. The summed E-state index contributed by atoms with van der Waals surface area (Å²) in [7, 11) is 0. The van der Waals surface area contributed by atoms with E-state index in [2.05, 4.69) is 40.8 Å². The molecule has 0 saturated heterocycles. The third-order valence-electron chi connectivity index (χ3n) is 5.32. The molecule has 0 unspecified atom stereocenters. The molecule has 4 rings (SSSR count). The third-order valence-corrected chi connectivity index (χ3v) is 5.94. The van der Waals surface area contributed by atoms with Gasteiger partial charge >= 0.3 is 12.0 Å². The summed E-state index contributed by atoms with van der Waals surface area (Å²) in [5, 5.41) is 11.1. The van der Waals surface area contributed by atoms with Gasteiger partial charge in [0.2, 0.25) is 0 Å². The Kier molecular flexibility index (Phi) is 11.1. The minimum absolute atomic E-state index is 0.0340. The predicted molar refractivity (Wildman–Crippen MR) is 151 cm³/mol. The number of amides is 3. The van der Waals surface area contributed by atoms with E-state index in [9.17, 15) is 14.4 Å². The molecule has 3 amide bonds. The van der Waals surface area contributed by atoms with Gasteiger partial charge in [-0.25, -0.2) is 4.79 Å². The van der Waals surface area contributed by atoms with Crippen LogP contribution in [0.1, 0.15) is 21.5 Å². The summed E-state index contributed by atoms with van der Waals surface area (Å²) in [5.41, 5.74) is 4.15. The average Bonchev–Trinajstić information content (AvgIpc) is 2.96. The lowest BCUT2D eigenvalue weighted by molar-refractivity contribution is -0.135. The zero-order valence-electron chi connectivity index (χ0n) is 21.0. The number of aliphatic carboxylic acids is 1. The van der Waals surface area contributed by atoms with Gasteiger partial charge in [-0.05, 0) is 46.7 Å². The van der Waals surface area contributed by atoms with Gasteiger partial charge in [0.1, 0.15) is 6.54 Å². The number of hydrogen-bond donors (Lipinski definition) is 2. The molecule has 194 valence electrons. The minimum atomic E-state index is -1.20. The van der Waals surface area contributed by atoms with Gasteiger partial charge < -0.3 is 10.4 Å². The predicted octanol–water partition coefficient (Wildman–Crippen LogP) is 5.73. The van der Waals surface area contributed by atoms with Crippen LogP contribution in [0.3, 0.4) is 0 Å². The molecule has 1 heterocycles. The highest BCUT2D eigenvalue weighted by atomic mass is 32.2. The van der Waals surface area contributed by atoms with Crippen LogP contribution in [0.25, 0.3) is 11.1 Å². The lowest BCUT2D eigenvalue weighted by Gasteiger charge is -2.21. The fourth-order valence-corrected chi connectivity index (χ4v) is 4.04. The van der Waals surface area contributed by atoms with E-state index in [-0.39, 0.29) is 6.54 Å². The summed E-state index contributed by atoms with van der Waals surface area (Å²) in [5.74, 6) is -0.603. The molecule has 0 radical (unpaired) electrons. The standard InChI is InChI=1S/C22H19N3O4.C8H10S/c26-20(27)14-24-22(29)25(15-16-6-5-11-23-13-16)21(28)19-10-4-9-18(12-19)17-7-2-1-3-8-17;1-9-7-8-5-3-2-4-6-8/h1-13H,14-15H2,(H,24,29)(H,26,27);2-6H,7H2,1H3. The first-order chi connectivity index (χ1) is 18.5. The van der Waals surface area contributed by atoms with Crippen LogP contribution < -0.4 is 5.32 Å². The van der Waals surface area contributed by atoms with Crippen molar-refractivity contribution in [2.45, 2.75) is 12.3 Å². The number of urea groups is 1. The Balaban J connectivity index is 0.000000375. The van der Waals surface area contributed by atoms with E-state index < -0.39 is 24.5 Å². The zero-order chi connectivity index (χ0) is 27.2. The largest absolute Gasteiger partial charge is 0.480 e. The first-order valence-electron chi connectivity index (χ1n) is 11.9. The molecule has 4 aromatic rings. The number of benzene rings is 3. The maximum atomic E-state index is 13.1. The molecule has 7 nitrogen and oxygen atoms in total. The Bertz CT molecular complexity index is 1320. The van der Waals surface area contributed by atoms with Gasteiger partial charge in [-0.1, -0.05) is 78.9 Å². The van der Waals surface area contributed by atoms with Crippen LogP contribution in [0.4, 0.5) is 4.79 Å². The Morgan fingerprint density at radius 3 is 2.13 bits per heavy atom. The van der Waals surface area contributed by atoms with Gasteiger partial charge in [0, 0.05) is 23.7 Å². The number of nitrogens with zero attached hydrogens (tertiary/aromatic N) is 2. The molecule has 38 heavy (non-hydrogen) atoms. The van der Waals surface area contributed by atoms with Crippen molar-refractivity contribution < 1.29 is 19.5 Å². The van der Waals surface area contributed by atoms with E-state index >= 15 is 0 Å². The number of carboxylic acid groups (broad SMARTS) is 1. The molecular formula is C30H29N3O4S. The number of hydrogen-bond acceptors (Lipinski definition) is 5. The van der Waals surface area contributed by atoms with Gasteiger partial charge in [-0.3, -0.25) is 19.5 Å². The van der Waals surface area contributed by atoms with E-state index in [1.165, 1.54) is 5.56 Å². The Labute approximate surface area is 226 Å². The number of carbonyl (C=O) groups is 3. The number of carbonyl (C=O) groups excluding carboxylic acids is 2. The first-order valence-corrected chi connectivity index (χ1v) is 13.3. The van der Waals surface area contributed by atoms with Gasteiger partial charge in [0.25, 0.3) is 5.91 Å². The van der Waals surface area contributed by atoms with Crippen molar-refractivity contribution in [3.63, 3.8) is 0 Å². The summed E-state index contributed by atoms with van der Waals surface area (Å²) in [6, 6.07) is 29.6. The second-order valence-corrected chi connectivity index (χ2v) is 9.04. The monoisotopic (exact) mass is 527 g/mol. The average molecular weight is 528 g/mol. The molecule has 1 aromatic heterocycles. The van der Waals surface area contributed by atoms with Crippen LogP contribution in [-0.2, 0) is 17.1 Å². The SMILES string of the molecule is CSCc1ccccc1.O=C(O)CNC(=O)N(Cc1cccnc1)C(=O)c1cccc(-c2ccccc2)c1. The Hall–Kier alpha value is -4.43. The number of pyridine rings is 1. The molecule has 8 heteroatoms. The zero-order valence-corrected chi connectivity index (χ0v) is 21.8. The van der Waals surface area contributed by atoms with Crippen molar-refractivity contribution in [1.82, 2.24) is 15.2 Å². The minimum Gasteiger partial charge on any atom is -0.480 e. The number of thioether (sulfide) groups is 1. The van der Waals surface area contributed by atoms with Crippen LogP contribution in [0.15, 0.2) is 109 Å². The van der Waals surface area contributed by atoms with Crippen LogP contribution in [0.2, 0.25) is 0 Å². The van der Waals surface area contributed by atoms with Crippen LogP contribution in [-0.4, -0.2) is 45.7 Å². The topological polar surface area (TPSA) is 99.6 Å². The molecule has 3 aromatic carbocycles. The number of nitrogens with one attached hydrogen (secondary N) is 1. The van der Waals surface area contributed by atoms with E-state index in [1.54, 1.807) is 42.7 Å². The van der Waals surface area contributed by atoms with Gasteiger partial charge in [0.05, 0.1) is 6.54 Å². The van der Waals surface area contributed by atoms with Crippen LogP contribution in [0, 0.1) is 0 Å². The molecule has 0 aliphatic rings. The lowest BCUT2D eigenvalue weighted by atomic mass is 10.0. The van der Waals surface area contributed by atoms with Crippen molar-refractivity contribution in [2.75, 3.05) is 12.8 Å². The fourth-order valence-electron chi connectivity index (χ4n) is 3.52. The summed E-state index contributed by atoms with van der Waals surface area (Å²) < 4.78 is 0. The second-order valence-electron chi connectivity index (χ2n) is 8.17. The number of imide groups is 1. The second kappa shape index (κ2) is 15.0. The number of aromatic nitrogens is 1. The van der Waals surface area contributed by atoms with Crippen molar-refractivity contribution in [3.05, 3.63) is 126 Å². The normalized spacial score (nSPS) is 10.0. The summed E-state index contributed by atoms with van der Waals surface area (Å²) in [6.45, 7) is -0.618. The summed E-state index contributed by atoms with van der Waals surface area (Å²) >= 11 is 1.85. The molecule has 0 fully saturated rings. The molecule has 2 N–H and O–H groups in total. The van der Waals surface area contributed by atoms with Gasteiger partial charge in [0.15, 0.2) is 0 Å². The van der Waals surface area contributed by atoms with E-state index in [1.807, 2.05) is 54.2 Å². The maximum absolute atomic E-state index is 13.1. The number of rotatable bonds is 8. The van der Waals surface area contributed by atoms with Crippen molar-refractivity contribution in [3.8, 4) is 11.1 Å². The highest BCUT2D eigenvalue weighted by molar-refractivity contribution is 7.97. The molecular weight excluding hydrogens is 498 g/mol. The Morgan fingerprint density at radius 1 is 0.842 bits per heavy atom. The summed E-state index contributed by atoms with van der Waals surface area (Å²) in [6.07, 6.45) is 5.25. The third kappa shape index (κ3) is 8.90. The molecule has 0 saturated carbocycles. The highest BCUT2D eigenvalue weighted by Gasteiger charge is 2.24. The quantitative estimate of drug-likeness (QED) is 0.303. The first kappa shape index (κ1) is 28.1. The fraction of sp³-hybridized carbons (Fsp3) is 0.133. The molecule has 0 aliphatic carbocycles. The van der Waals surface area contributed by atoms with E-state index in [4.69, 9.17) is 5.11 Å². The van der Waals surface area contributed by atoms with Gasteiger partial charge in [-0.15, -0.1) is 0 Å². The maximum Gasteiger partial charge on any atom is 0.325 e. The van der Waals surface area contributed by atoms with E-state index in [0.717, 1.165) is 21.8 Å². The van der Waals surface area contributed by atoms with Crippen LogP contribution >= 0.6 is 11.8 Å². The molecule has 0 aliphatic heterocycles. The molecule has 0 atom stereocenters.